The van der Waals surface area contributed by atoms with Gasteiger partial charge in [-0.15, -0.1) is 0 Å². The summed E-state index contributed by atoms with van der Waals surface area (Å²) in [6.45, 7) is 12.5. The summed E-state index contributed by atoms with van der Waals surface area (Å²) in [5.74, 6) is 2.26. The van der Waals surface area contributed by atoms with Gasteiger partial charge >= 0.3 is 11.9 Å². The first-order valence-electron chi connectivity index (χ1n) is 17.6. The molecule has 252 valence electrons. The largest absolute Gasteiger partial charge is 0.463 e. The Hall–Kier alpha value is -1.96. The van der Waals surface area contributed by atoms with E-state index in [9.17, 15) is 9.59 Å². The standard InChI is InChI=1S/C38H58O7/c1-24(10-8-9-11-25(2)41-7)31-14-15-32-30-13-12-28-22-29(18-20-37(28,5)33(30)19-21-38(31,32)6)44-36-17-16-34(43-27(4)40)35(45-36)23-42-26(3)39/h10,12,16-17,25,29-36H,8-9,11,13-15,18-23H2,1-7H3/b24-10+/t25?,29-,30-,31+,32-,33-,34-,35+,36?,37-,38+/m0/s1. The van der Waals surface area contributed by atoms with Gasteiger partial charge in [0.1, 0.15) is 18.8 Å². The van der Waals surface area contributed by atoms with Crippen LogP contribution in [0.15, 0.2) is 35.5 Å². The van der Waals surface area contributed by atoms with Crippen LogP contribution in [0, 0.1) is 34.5 Å². The Bertz CT molecular complexity index is 1160. The molecule has 7 nitrogen and oxygen atoms in total. The van der Waals surface area contributed by atoms with Gasteiger partial charge in [-0.25, -0.2) is 0 Å². The Balaban J connectivity index is 1.21. The van der Waals surface area contributed by atoms with Crippen molar-refractivity contribution in [2.45, 2.75) is 143 Å². The zero-order valence-corrected chi connectivity index (χ0v) is 28.8. The Morgan fingerprint density at radius 3 is 2.58 bits per heavy atom. The lowest BCUT2D eigenvalue weighted by Crippen LogP contribution is -2.51. The quantitative estimate of drug-likeness (QED) is 0.131. The number of rotatable bonds is 11. The Labute approximate surface area is 271 Å². The van der Waals surface area contributed by atoms with Gasteiger partial charge in [-0.1, -0.05) is 37.1 Å². The van der Waals surface area contributed by atoms with Gasteiger partial charge < -0.3 is 23.7 Å². The third kappa shape index (κ3) is 7.46. The van der Waals surface area contributed by atoms with Crippen molar-refractivity contribution in [2.75, 3.05) is 13.7 Å². The third-order valence-electron chi connectivity index (χ3n) is 12.5. The molecule has 5 aliphatic rings. The van der Waals surface area contributed by atoms with E-state index in [-0.39, 0.29) is 18.1 Å². The summed E-state index contributed by atoms with van der Waals surface area (Å²) in [7, 11) is 1.81. The van der Waals surface area contributed by atoms with Crippen LogP contribution in [0.3, 0.4) is 0 Å². The van der Waals surface area contributed by atoms with E-state index in [0.29, 0.717) is 11.5 Å². The molecule has 0 aromatic rings. The van der Waals surface area contributed by atoms with Gasteiger partial charge in [0, 0.05) is 21.0 Å². The first kappa shape index (κ1) is 34.4. The second-order valence-electron chi connectivity index (χ2n) is 15.2. The molecule has 1 heterocycles. The second-order valence-corrected chi connectivity index (χ2v) is 15.2. The van der Waals surface area contributed by atoms with Gasteiger partial charge in [0.05, 0.1) is 12.2 Å². The SMILES string of the molecule is COC(C)CCC/C=C(\C)[C@H]1CC[C@H]2[C@@H]3CC=C4C[C@@H](OC5C=C[C@H](OC(C)=O)[C@@H](COC(C)=O)O5)CC[C@]4(C)[C@H]3CC[C@]12C. The number of carbonyl (C=O) groups is 2. The molecule has 11 atom stereocenters. The number of unbranched alkanes of at least 4 members (excludes halogenated alkanes) is 1. The predicted molar refractivity (Wildman–Crippen MR) is 174 cm³/mol. The van der Waals surface area contributed by atoms with Crippen LogP contribution in [0.4, 0.5) is 0 Å². The van der Waals surface area contributed by atoms with Gasteiger partial charge in [-0.3, -0.25) is 9.59 Å². The van der Waals surface area contributed by atoms with Crippen LogP contribution < -0.4 is 0 Å². The smallest absolute Gasteiger partial charge is 0.303 e. The van der Waals surface area contributed by atoms with Crippen molar-refractivity contribution in [1.82, 2.24) is 0 Å². The van der Waals surface area contributed by atoms with Crippen LogP contribution in [0.2, 0.25) is 0 Å². The summed E-state index contributed by atoms with van der Waals surface area (Å²) in [6, 6.07) is 0. The minimum absolute atomic E-state index is 0.0123. The fourth-order valence-corrected chi connectivity index (χ4v) is 10.0. The lowest BCUT2D eigenvalue weighted by atomic mass is 9.47. The van der Waals surface area contributed by atoms with Gasteiger partial charge in [0.15, 0.2) is 6.29 Å². The molecule has 5 rings (SSSR count). The average molecular weight is 627 g/mol. The van der Waals surface area contributed by atoms with Crippen molar-refractivity contribution >= 4 is 11.9 Å². The Morgan fingerprint density at radius 1 is 1.04 bits per heavy atom. The van der Waals surface area contributed by atoms with Crippen LogP contribution in [-0.2, 0) is 33.3 Å². The van der Waals surface area contributed by atoms with Crippen molar-refractivity contribution in [3.05, 3.63) is 35.5 Å². The van der Waals surface area contributed by atoms with Gasteiger partial charge in [-0.2, -0.15) is 0 Å². The maximum absolute atomic E-state index is 11.6. The molecule has 0 radical (unpaired) electrons. The average Bonchev–Trinajstić information content (AvgIpc) is 3.36. The third-order valence-corrected chi connectivity index (χ3v) is 12.5. The highest BCUT2D eigenvalue weighted by Crippen LogP contribution is 2.67. The Morgan fingerprint density at radius 2 is 1.84 bits per heavy atom. The highest BCUT2D eigenvalue weighted by molar-refractivity contribution is 5.66. The second kappa shape index (κ2) is 14.4. The molecule has 0 bridgehead atoms. The number of methoxy groups -OCH3 is 1. The van der Waals surface area contributed by atoms with E-state index in [1.165, 1.54) is 52.4 Å². The number of hydrogen-bond donors (Lipinski definition) is 0. The molecule has 2 unspecified atom stereocenters. The summed E-state index contributed by atoms with van der Waals surface area (Å²) >= 11 is 0. The van der Waals surface area contributed by atoms with E-state index in [2.05, 4.69) is 39.8 Å². The zero-order valence-electron chi connectivity index (χ0n) is 28.8. The molecular formula is C38H58O7. The topological polar surface area (TPSA) is 80.3 Å². The van der Waals surface area contributed by atoms with Gasteiger partial charge in [-0.05, 0) is 131 Å². The highest BCUT2D eigenvalue weighted by atomic mass is 16.7. The van der Waals surface area contributed by atoms with Crippen LogP contribution in [0.25, 0.3) is 0 Å². The van der Waals surface area contributed by atoms with Crippen molar-refractivity contribution in [3.8, 4) is 0 Å². The fourth-order valence-electron chi connectivity index (χ4n) is 10.0. The van der Waals surface area contributed by atoms with E-state index in [1.807, 2.05) is 13.2 Å². The maximum Gasteiger partial charge on any atom is 0.303 e. The maximum atomic E-state index is 11.6. The van der Waals surface area contributed by atoms with E-state index in [4.69, 9.17) is 23.7 Å². The van der Waals surface area contributed by atoms with Crippen molar-refractivity contribution in [3.63, 3.8) is 0 Å². The molecule has 0 saturated heterocycles. The molecular weight excluding hydrogens is 568 g/mol. The molecule has 0 spiro atoms. The lowest BCUT2D eigenvalue weighted by Gasteiger charge is -2.58. The summed E-state index contributed by atoms with van der Waals surface area (Å²) in [5, 5.41) is 0. The van der Waals surface area contributed by atoms with E-state index < -0.39 is 30.4 Å². The Kier molecular flexibility index (Phi) is 11.0. The molecule has 0 amide bonds. The molecule has 0 aromatic carbocycles. The first-order chi connectivity index (χ1) is 21.4. The molecule has 0 aromatic heterocycles. The fraction of sp³-hybridized carbons (Fsp3) is 0.789. The van der Waals surface area contributed by atoms with E-state index in [1.54, 1.807) is 17.2 Å². The minimum atomic E-state index is -0.606. The van der Waals surface area contributed by atoms with Crippen molar-refractivity contribution in [2.24, 2.45) is 34.5 Å². The summed E-state index contributed by atoms with van der Waals surface area (Å²) in [5.41, 5.74) is 3.87. The number of allylic oxidation sites excluding steroid dienone is 3. The van der Waals surface area contributed by atoms with E-state index >= 15 is 0 Å². The van der Waals surface area contributed by atoms with Crippen molar-refractivity contribution < 1.29 is 33.3 Å². The van der Waals surface area contributed by atoms with E-state index in [0.717, 1.165) is 55.8 Å². The minimum Gasteiger partial charge on any atom is -0.463 e. The number of hydrogen-bond acceptors (Lipinski definition) is 7. The van der Waals surface area contributed by atoms with Crippen molar-refractivity contribution in [1.29, 1.82) is 0 Å². The molecule has 45 heavy (non-hydrogen) atoms. The molecule has 3 fully saturated rings. The summed E-state index contributed by atoms with van der Waals surface area (Å²) < 4.78 is 28.7. The molecule has 4 aliphatic carbocycles. The van der Waals surface area contributed by atoms with Crippen LogP contribution in [0.1, 0.15) is 112 Å². The normalized spacial score (nSPS) is 40.1. The summed E-state index contributed by atoms with van der Waals surface area (Å²) in [4.78, 5) is 23.0. The molecule has 7 heteroatoms. The molecule has 1 aliphatic heterocycles. The van der Waals surface area contributed by atoms with Gasteiger partial charge in [0.25, 0.3) is 0 Å². The number of ether oxygens (including phenoxy) is 5. The highest BCUT2D eigenvalue weighted by Gasteiger charge is 2.58. The number of carbonyl (C=O) groups excluding carboxylic acids is 2. The van der Waals surface area contributed by atoms with Gasteiger partial charge in [0.2, 0.25) is 0 Å². The monoisotopic (exact) mass is 626 g/mol. The van der Waals surface area contributed by atoms with Crippen LogP contribution in [-0.4, -0.2) is 56.4 Å². The summed E-state index contributed by atoms with van der Waals surface area (Å²) in [6.07, 6.45) is 20.6. The molecule has 0 N–H and O–H groups in total. The van der Waals surface area contributed by atoms with Crippen LogP contribution >= 0.6 is 0 Å². The first-order valence-corrected chi connectivity index (χ1v) is 17.6. The zero-order chi connectivity index (χ0) is 32.4. The number of fused-ring (bicyclic) bond motifs is 5. The molecule has 3 saturated carbocycles. The lowest BCUT2D eigenvalue weighted by molar-refractivity contribution is -0.213. The number of esters is 2. The predicted octanol–water partition coefficient (Wildman–Crippen LogP) is 7.88. The van der Waals surface area contributed by atoms with Crippen LogP contribution in [0.5, 0.6) is 0 Å².